The third-order valence-corrected chi connectivity index (χ3v) is 3.78. The Morgan fingerprint density at radius 3 is 3.05 bits per heavy atom. The Bertz CT molecular complexity index is 479. The van der Waals surface area contributed by atoms with E-state index in [1.54, 1.807) is 0 Å². The number of amidine groups is 1. The van der Waals surface area contributed by atoms with Crippen molar-refractivity contribution in [3.05, 3.63) is 28.2 Å². The molecule has 0 aliphatic carbocycles. The number of hydrogen-bond donors (Lipinski definition) is 2. The van der Waals surface area contributed by atoms with Crippen molar-refractivity contribution in [2.75, 3.05) is 24.6 Å². The number of halogens is 1. The van der Waals surface area contributed by atoms with Crippen molar-refractivity contribution in [1.82, 2.24) is 0 Å². The van der Waals surface area contributed by atoms with E-state index in [1.807, 2.05) is 18.2 Å². The van der Waals surface area contributed by atoms with Gasteiger partial charge in [0, 0.05) is 29.7 Å². The minimum absolute atomic E-state index is 0.111. The molecule has 1 unspecified atom stereocenters. The van der Waals surface area contributed by atoms with Gasteiger partial charge < -0.3 is 20.6 Å². The first-order valence-corrected chi connectivity index (χ1v) is 7.05. The topological polar surface area (TPSA) is 71.1 Å². The molecule has 1 aliphatic rings. The van der Waals surface area contributed by atoms with Crippen LogP contribution in [0.15, 0.2) is 27.8 Å². The summed E-state index contributed by atoms with van der Waals surface area (Å²) < 4.78 is 6.58. The summed E-state index contributed by atoms with van der Waals surface area (Å²) in [6, 6.07) is 5.70. The molecule has 0 amide bonds. The van der Waals surface area contributed by atoms with E-state index in [4.69, 9.17) is 15.7 Å². The maximum Gasteiger partial charge on any atom is 0.170 e. The summed E-state index contributed by atoms with van der Waals surface area (Å²) in [6.45, 7) is 4.71. The van der Waals surface area contributed by atoms with Gasteiger partial charge in [-0.3, -0.25) is 0 Å². The monoisotopic (exact) mass is 327 g/mol. The molecule has 1 fully saturated rings. The normalized spacial score (nSPS) is 21.3. The summed E-state index contributed by atoms with van der Waals surface area (Å²) in [5.74, 6) is 0.111. The molecular weight excluding hydrogens is 310 g/mol. The van der Waals surface area contributed by atoms with Gasteiger partial charge in [-0.15, -0.1) is 0 Å². The molecule has 0 spiro atoms. The second kappa shape index (κ2) is 6.25. The van der Waals surface area contributed by atoms with E-state index in [9.17, 15) is 0 Å². The molecule has 3 N–H and O–H groups in total. The second-order valence-corrected chi connectivity index (χ2v) is 5.49. The van der Waals surface area contributed by atoms with Gasteiger partial charge in [0.05, 0.1) is 11.8 Å². The number of benzene rings is 1. The lowest BCUT2D eigenvalue weighted by Gasteiger charge is -2.25. The van der Waals surface area contributed by atoms with Gasteiger partial charge in [-0.25, -0.2) is 0 Å². The zero-order valence-corrected chi connectivity index (χ0v) is 12.4. The van der Waals surface area contributed by atoms with Crippen LogP contribution < -0.4 is 10.6 Å². The fourth-order valence-electron chi connectivity index (χ4n) is 2.19. The van der Waals surface area contributed by atoms with Crippen molar-refractivity contribution in [2.45, 2.75) is 19.4 Å². The molecule has 0 aromatic heterocycles. The fourth-order valence-corrected chi connectivity index (χ4v) is 2.82. The maximum atomic E-state index is 8.69. The van der Waals surface area contributed by atoms with E-state index in [0.29, 0.717) is 5.56 Å². The first-order valence-electron chi connectivity index (χ1n) is 6.26. The Hall–Kier alpha value is -1.27. The van der Waals surface area contributed by atoms with Crippen LogP contribution in [0.4, 0.5) is 5.69 Å². The number of oxime groups is 1. The summed E-state index contributed by atoms with van der Waals surface area (Å²) >= 11 is 3.55. The molecule has 1 aromatic rings. The maximum absolute atomic E-state index is 8.69. The van der Waals surface area contributed by atoms with Crippen LogP contribution in [-0.2, 0) is 4.74 Å². The molecule has 1 saturated heterocycles. The molecule has 1 atom stereocenters. The molecule has 104 valence electrons. The lowest BCUT2D eigenvalue weighted by molar-refractivity contribution is 0.0821. The van der Waals surface area contributed by atoms with Crippen LogP contribution >= 0.6 is 15.9 Å². The SMILES string of the molecule is CC1CN(c2ccc(/C(N)=N/O)cc2Br)CCCO1. The van der Waals surface area contributed by atoms with Crippen molar-refractivity contribution in [1.29, 1.82) is 0 Å². The third-order valence-electron chi connectivity index (χ3n) is 3.14. The molecule has 0 radical (unpaired) electrons. The van der Waals surface area contributed by atoms with Crippen molar-refractivity contribution >= 4 is 27.5 Å². The number of hydrogen-bond acceptors (Lipinski definition) is 4. The Balaban J connectivity index is 2.25. The average Bonchev–Trinajstić information content (AvgIpc) is 2.62. The fraction of sp³-hybridized carbons (Fsp3) is 0.462. The zero-order valence-electron chi connectivity index (χ0n) is 10.8. The number of nitrogens with zero attached hydrogens (tertiary/aromatic N) is 2. The molecule has 19 heavy (non-hydrogen) atoms. The highest BCUT2D eigenvalue weighted by Crippen LogP contribution is 2.28. The van der Waals surface area contributed by atoms with Gasteiger partial charge in [-0.05, 0) is 47.5 Å². The Kier molecular flexibility index (Phi) is 4.66. The van der Waals surface area contributed by atoms with E-state index < -0.39 is 0 Å². The molecule has 0 saturated carbocycles. The van der Waals surface area contributed by atoms with E-state index in [0.717, 1.165) is 36.3 Å². The van der Waals surface area contributed by atoms with Crippen LogP contribution in [0, 0.1) is 0 Å². The van der Waals surface area contributed by atoms with Crippen molar-refractivity contribution in [3.63, 3.8) is 0 Å². The predicted octanol–water partition coefficient (Wildman–Crippen LogP) is 2.16. The molecule has 5 nitrogen and oxygen atoms in total. The number of ether oxygens (including phenoxy) is 1. The molecule has 1 aliphatic heterocycles. The van der Waals surface area contributed by atoms with E-state index in [2.05, 4.69) is 32.9 Å². The quantitative estimate of drug-likeness (QED) is 0.378. The lowest BCUT2D eigenvalue weighted by Crippen LogP contribution is -2.30. The molecule has 1 aromatic carbocycles. The third kappa shape index (κ3) is 3.39. The largest absolute Gasteiger partial charge is 0.409 e. The summed E-state index contributed by atoms with van der Waals surface area (Å²) in [4.78, 5) is 2.29. The van der Waals surface area contributed by atoms with Gasteiger partial charge in [0.15, 0.2) is 5.84 Å². The van der Waals surface area contributed by atoms with E-state index in [1.165, 1.54) is 0 Å². The van der Waals surface area contributed by atoms with Crippen molar-refractivity contribution in [3.8, 4) is 0 Å². The van der Waals surface area contributed by atoms with Gasteiger partial charge >= 0.3 is 0 Å². The number of nitrogens with two attached hydrogens (primary N) is 1. The predicted molar refractivity (Wildman–Crippen MR) is 78.9 cm³/mol. The Morgan fingerprint density at radius 1 is 1.58 bits per heavy atom. The number of rotatable bonds is 2. The highest BCUT2D eigenvalue weighted by Gasteiger charge is 2.17. The van der Waals surface area contributed by atoms with Gasteiger partial charge in [-0.1, -0.05) is 5.16 Å². The Morgan fingerprint density at radius 2 is 2.37 bits per heavy atom. The first kappa shape index (κ1) is 14.1. The van der Waals surface area contributed by atoms with E-state index >= 15 is 0 Å². The van der Waals surface area contributed by atoms with Gasteiger partial charge in [-0.2, -0.15) is 0 Å². The smallest absolute Gasteiger partial charge is 0.170 e. The van der Waals surface area contributed by atoms with Crippen LogP contribution in [0.3, 0.4) is 0 Å². The van der Waals surface area contributed by atoms with Crippen molar-refractivity contribution < 1.29 is 9.94 Å². The van der Waals surface area contributed by atoms with E-state index in [-0.39, 0.29) is 11.9 Å². The van der Waals surface area contributed by atoms with Crippen LogP contribution in [0.2, 0.25) is 0 Å². The van der Waals surface area contributed by atoms with Crippen molar-refractivity contribution in [2.24, 2.45) is 10.9 Å². The zero-order chi connectivity index (χ0) is 13.8. The van der Waals surface area contributed by atoms with Crippen LogP contribution in [-0.4, -0.2) is 36.8 Å². The van der Waals surface area contributed by atoms with Gasteiger partial charge in [0.25, 0.3) is 0 Å². The second-order valence-electron chi connectivity index (χ2n) is 4.63. The Labute approximate surface area is 121 Å². The molecule has 1 heterocycles. The summed E-state index contributed by atoms with van der Waals surface area (Å²) in [5, 5.41) is 11.7. The lowest BCUT2D eigenvalue weighted by atomic mass is 10.1. The molecule has 2 rings (SSSR count). The minimum Gasteiger partial charge on any atom is -0.409 e. The number of anilines is 1. The molecule has 6 heteroatoms. The first-order chi connectivity index (χ1) is 9.11. The van der Waals surface area contributed by atoms with Crippen LogP contribution in [0.5, 0.6) is 0 Å². The standard InChI is InChI=1S/C13H18BrN3O2/c1-9-8-17(5-2-6-19-9)12-4-3-10(7-11(12)14)13(15)16-18/h3-4,7,9,18H,2,5-6,8H2,1H3,(H2,15,16). The molecular formula is C13H18BrN3O2. The van der Waals surface area contributed by atoms with Gasteiger partial charge in [0.2, 0.25) is 0 Å². The van der Waals surface area contributed by atoms with Gasteiger partial charge in [0.1, 0.15) is 0 Å². The van der Waals surface area contributed by atoms with Crippen LogP contribution in [0.25, 0.3) is 0 Å². The summed E-state index contributed by atoms with van der Waals surface area (Å²) in [5.41, 5.74) is 7.38. The average molecular weight is 328 g/mol. The highest BCUT2D eigenvalue weighted by molar-refractivity contribution is 9.10. The highest BCUT2D eigenvalue weighted by atomic mass is 79.9. The molecule has 0 bridgehead atoms. The van der Waals surface area contributed by atoms with Crippen LogP contribution in [0.1, 0.15) is 18.9 Å². The summed E-state index contributed by atoms with van der Waals surface area (Å²) in [6.07, 6.45) is 1.23. The minimum atomic E-state index is 0.111. The summed E-state index contributed by atoms with van der Waals surface area (Å²) in [7, 11) is 0.